The van der Waals surface area contributed by atoms with Crippen LogP contribution in [0.1, 0.15) is 0 Å². The summed E-state index contributed by atoms with van der Waals surface area (Å²) in [7, 11) is 0. The van der Waals surface area contributed by atoms with E-state index in [0.717, 1.165) is 16.1 Å². The van der Waals surface area contributed by atoms with Crippen LogP contribution in [-0.2, 0) is 0 Å². The van der Waals surface area contributed by atoms with Gasteiger partial charge in [-0.2, -0.15) is 0 Å². The molecular weight excluding hydrogens is 163 g/mol. The number of nitrogens with two attached hydrogens (primary N) is 3. The van der Waals surface area contributed by atoms with Gasteiger partial charge in [0, 0.05) is 0 Å². The predicted molar refractivity (Wildman–Crippen MR) is 38.8 cm³/mol. The van der Waals surface area contributed by atoms with E-state index in [0.29, 0.717) is 0 Å². The summed E-state index contributed by atoms with van der Waals surface area (Å²) < 4.78 is 0. The van der Waals surface area contributed by atoms with Crippen LogP contribution in [0.15, 0.2) is 0 Å². The van der Waals surface area contributed by atoms with Crippen LogP contribution >= 0.6 is 0 Å². The van der Waals surface area contributed by atoms with Gasteiger partial charge in [0.1, 0.15) is 0 Å². The number of rotatable bonds is 3. The average Bonchev–Trinajstić information content (AvgIpc) is 1.87. The summed E-state index contributed by atoms with van der Waals surface area (Å²) in [5.74, 6) is 2.17. The monoisotopic (exact) mass is 179 g/mol. The standard InChI is InChI=1S/C4H15GeN3/c1-5(2-6,3-7)4-8/h2-4,6-8H2,1H3. The molecule has 0 saturated heterocycles. The van der Waals surface area contributed by atoms with Crippen molar-refractivity contribution in [2.45, 2.75) is 5.76 Å². The molecule has 0 aromatic rings. The molecule has 0 unspecified atom stereocenters. The van der Waals surface area contributed by atoms with Crippen molar-refractivity contribution in [2.75, 3.05) is 16.1 Å². The van der Waals surface area contributed by atoms with E-state index in [1.54, 1.807) is 0 Å². The Balaban J connectivity index is 3.58. The van der Waals surface area contributed by atoms with E-state index in [-0.39, 0.29) is 0 Å². The van der Waals surface area contributed by atoms with Crippen molar-refractivity contribution in [3.05, 3.63) is 0 Å². The fraction of sp³-hybridized carbons (Fsp3) is 1.00. The molecule has 0 amide bonds. The summed E-state index contributed by atoms with van der Waals surface area (Å²) in [4.78, 5) is 0. The Bertz CT molecular complexity index is 54.0. The Kier molecular flexibility index (Phi) is 3.63. The quantitative estimate of drug-likeness (QED) is 0.463. The molecule has 0 bridgehead atoms. The van der Waals surface area contributed by atoms with Crippen LogP contribution in [0.25, 0.3) is 0 Å². The van der Waals surface area contributed by atoms with E-state index in [2.05, 4.69) is 5.76 Å². The first-order valence-electron chi connectivity index (χ1n) is 2.79. The molecule has 0 radical (unpaired) electrons. The summed E-state index contributed by atoms with van der Waals surface area (Å²) in [6, 6.07) is 0. The van der Waals surface area contributed by atoms with E-state index in [1.165, 1.54) is 0 Å². The van der Waals surface area contributed by atoms with Crippen LogP contribution in [0.3, 0.4) is 0 Å². The Morgan fingerprint density at radius 2 is 1.25 bits per heavy atom. The Hall–Kier alpha value is 0.423. The van der Waals surface area contributed by atoms with Crippen LogP contribution in [0.4, 0.5) is 0 Å². The molecule has 0 aliphatic heterocycles. The molecule has 0 aromatic heterocycles. The number of hydrogen-bond acceptors (Lipinski definition) is 3. The van der Waals surface area contributed by atoms with E-state index in [4.69, 9.17) is 17.2 Å². The summed E-state index contributed by atoms with van der Waals surface area (Å²) in [5, 5.41) is 2.27. The van der Waals surface area contributed by atoms with Crippen LogP contribution < -0.4 is 17.2 Å². The van der Waals surface area contributed by atoms with Gasteiger partial charge in [0.15, 0.2) is 0 Å². The zero-order chi connectivity index (χ0) is 6.62. The second-order valence-electron chi connectivity index (χ2n) is 2.42. The van der Waals surface area contributed by atoms with Crippen molar-refractivity contribution in [3.8, 4) is 0 Å². The van der Waals surface area contributed by atoms with Crippen LogP contribution in [0, 0.1) is 0 Å². The molecule has 6 N–H and O–H groups in total. The van der Waals surface area contributed by atoms with Gasteiger partial charge in [-0.15, -0.1) is 0 Å². The van der Waals surface area contributed by atoms with Crippen molar-refractivity contribution in [2.24, 2.45) is 17.2 Å². The van der Waals surface area contributed by atoms with Crippen molar-refractivity contribution in [1.29, 1.82) is 0 Å². The fourth-order valence-electron chi connectivity index (χ4n) is 0.250. The molecular formula is C4H15GeN3. The molecule has 0 aromatic carbocycles. The molecule has 50 valence electrons. The van der Waals surface area contributed by atoms with Gasteiger partial charge in [0.05, 0.1) is 0 Å². The maximum atomic E-state index is 5.45. The third-order valence-corrected chi connectivity index (χ3v) is 7.68. The van der Waals surface area contributed by atoms with Crippen molar-refractivity contribution in [3.63, 3.8) is 0 Å². The second-order valence-corrected chi connectivity index (χ2v) is 12.6. The van der Waals surface area contributed by atoms with Gasteiger partial charge >= 0.3 is 52.4 Å². The number of hydrogen-bond donors (Lipinski definition) is 3. The molecule has 4 heteroatoms. The van der Waals surface area contributed by atoms with Gasteiger partial charge < -0.3 is 0 Å². The van der Waals surface area contributed by atoms with E-state index in [9.17, 15) is 0 Å². The zero-order valence-electron chi connectivity index (χ0n) is 5.35. The molecule has 0 aliphatic rings. The predicted octanol–water partition coefficient (Wildman–Crippen LogP) is -1.44. The van der Waals surface area contributed by atoms with Gasteiger partial charge in [-0.05, 0) is 0 Å². The molecule has 0 aliphatic carbocycles. The molecule has 0 fully saturated rings. The van der Waals surface area contributed by atoms with Crippen molar-refractivity contribution >= 4 is 13.3 Å². The van der Waals surface area contributed by atoms with Crippen molar-refractivity contribution in [1.82, 2.24) is 0 Å². The molecule has 8 heavy (non-hydrogen) atoms. The van der Waals surface area contributed by atoms with Gasteiger partial charge in [-0.25, -0.2) is 0 Å². The van der Waals surface area contributed by atoms with Gasteiger partial charge in [0.2, 0.25) is 0 Å². The van der Waals surface area contributed by atoms with Gasteiger partial charge in [-0.1, -0.05) is 0 Å². The van der Waals surface area contributed by atoms with Gasteiger partial charge in [0.25, 0.3) is 0 Å². The Labute approximate surface area is 53.0 Å². The topological polar surface area (TPSA) is 78.1 Å². The summed E-state index contributed by atoms with van der Waals surface area (Å²) in [5.41, 5.74) is 16.4. The third kappa shape index (κ3) is 2.13. The van der Waals surface area contributed by atoms with E-state index in [1.807, 2.05) is 0 Å². The molecule has 0 spiro atoms. The van der Waals surface area contributed by atoms with Crippen molar-refractivity contribution < 1.29 is 0 Å². The normalized spacial score (nSPS) is 12.0. The molecule has 0 rings (SSSR count). The minimum atomic E-state index is -1.79. The molecule has 0 heterocycles. The molecule has 0 saturated carbocycles. The van der Waals surface area contributed by atoms with Crippen LogP contribution in [-0.4, -0.2) is 29.4 Å². The summed E-state index contributed by atoms with van der Waals surface area (Å²) in [6.45, 7) is 0. The molecule has 3 nitrogen and oxygen atoms in total. The minimum absolute atomic E-state index is 0.757. The maximum absolute atomic E-state index is 5.45. The van der Waals surface area contributed by atoms with E-state index < -0.39 is 13.3 Å². The Morgan fingerprint density at radius 1 is 1.00 bits per heavy atom. The third-order valence-electron chi connectivity index (χ3n) is 1.48. The van der Waals surface area contributed by atoms with Crippen LogP contribution in [0.5, 0.6) is 0 Å². The summed E-state index contributed by atoms with van der Waals surface area (Å²) in [6.07, 6.45) is 0. The summed E-state index contributed by atoms with van der Waals surface area (Å²) >= 11 is -1.79. The first-order valence-corrected chi connectivity index (χ1v) is 9.33. The SMILES string of the molecule is [CH3][Ge]([CH2]N)([CH2]N)[CH2]N. The fourth-order valence-corrected chi connectivity index (χ4v) is 1.30. The van der Waals surface area contributed by atoms with E-state index >= 15 is 0 Å². The van der Waals surface area contributed by atoms with Crippen LogP contribution in [0.2, 0.25) is 5.76 Å². The second kappa shape index (κ2) is 3.45. The molecule has 0 atom stereocenters. The zero-order valence-corrected chi connectivity index (χ0v) is 7.45. The van der Waals surface area contributed by atoms with Gasteiger partial charge in [-0.3, -0.25) is 0 Å². The average molecular weight is 178 g/mol. The first kappa shape index (κ1) is 8.42. The Morgan fingerprint density at radius 3 is 1.25 bits per heavy atom. The first-order chi connectivity index (χ1) is 3.68.